The normalized spacial score (nSPS) is 10.7. The van der Waals surface area contributed by atoms with Gasteiger partial charge in [-0.3, -0.25) is 0 Å². The molecule has 0 aliphatic carbocycles. The average Bonchev–Trinajstić information content (AvgIpc) is 2.17. The van der Waals surface area contributed by atoms with E-state index in [1.54, 1.807) is 0 Å². The minimum atomic E-state index is -2.82. The molecular formula is C8H5BrClF2NO2. The molecule has 0 aliphatic heterocycles. The van der Waals surface area contributed by atoms with E-state index < -0.39 is 23.7 Å². The highest BCUT2D eigenvalue weighted by atomic mass is 79.9. The van der Waals surface area contributed by atoms with Crippen LogP contribution < -0.4 is 0 Å². The van der Waals surface area contributed by atoms with Crippen molar-refractivity contribution >= 4 is 33.5 Å². The highest BCUT2D eigenvalue weighted by molar-refractivity contribution is 9.08. The number of nitrogens with zero attached hydrogens (tertiary/aromatic N) is 1. The third-order valence-corrected chi connectivity index (χ3v) is 2.60. The Balaban J connectivity index is 3.38. The van der Waals surface area contributed by atoms with Gasteiger partial charge in [0.25, 0.3) is 6.43 Å². The van der Waals surface area contributed by atoms with Crippen LogP contribution in [0.3, 0.4) is 0 Å². The number of carboxylic acid groups (broad SMARTS) is 1. The Morgan fingerprint density at radius 1 is 1.67 bits per heavy atom. The third-order valence-electron chi connectivity index (χ3n) is 1.64. The van der Waals surface area contributed by atoms with Gasteiger partial charge in [-0.05, 0) is 6.07 Å². The van der Waals surface area contributed by atoms with E-state index in [1.165, 1.54) is 0 Å². The molecule has 0 radical (unpaired) electrons. The van der Waals surface area contributed by atoms with Gasteiger partial charge in [-0.2, -0.15) is 0 Å². The van der Waals surface area contributed by atoms with Crippen LogP contribution in [0.15, 0.2) is 6.07 Å². The average molecular weight is 300 g/mol. The minimum absolute atomic E-state index is 0.0897. The van der Waals surface area contributed by atoms with Crippen molar-refractivity contribution in [2.24, 2.45) is 0 Å². The van der Waals surface area contributed by atoms with Gasteiger partial charge in [0.15, 0.2) is 0 Å². The zero-order chi connectivity index (χ0) is 11.6. The zero-order valence-electron chi connectivity index (χ0n) is 7.18. The molecule has 0 amide bonds. The molecule has 0 bridgehead atoms. The number of aromatic nitrogens is 1. The van der Waals surface area contributed by atoms with Gasteiger partial charge in [-0.25, -0.2) is 18.6 Å². The second-order valence-electron chi connectivity index (χ2n) is 2.60. The molecule has 1 N–H and O–H groups in total. The molecular weight excluding hydrogens is 295 g/mol. The summed E-state index contributed by atoms with van der Waals surface area (Å²) in [6.45, 7) is 0. The lowest BCUT2D eigenvalue weighted by Crippen LogP contribution is -2.05. The third kappa shape index (κ3) is 2.63. The number of halogens is 4. The van der Waals surface area contributed by atoms with E-state index in [0.717, 1.165) is 6.07 Å². The summed E-state index contributed by atoms with van der Waals surface area (Å²) in [7, 11) is 0. The van der Waals surface area contributed by atoms with Gasteiger partial charge in [0.1, 0.15) is 5.69 Å². The molecule has 1 aromatic heterocycles. The van der Waals surface area contributed by atoms with E-state index in [4.69, 9.17) is 16.7 Å². The van der Waals surface area contributed by atoms with Crippen LogP contribution in [0.5, 0.6) is 0 Å². The van der Waals surface area contributed by atoms with Gasteiger partial charge < -0.3 is 5.11 Å². The molecule has 0 aliphatic rings. The van der Waals surface area contributed by atoms with Crippen LogP contribution in [0.25, 0.3) is 0 Å². The Labute approximate surface area is 97.2 Å². The number of hydrogen-bond acceptors (Lipinski definition) is 2. The smallest absolute Gasteiger partial charge is 0.354 e. The molecule has 15 heavy (non-hydrogen) atoms. The van der Waals surface area contributed by atoms with Crippen LogP contribution in [-0.4, -0.2) is 16.1 Å². The van der Waals surface area contributed by atoms with Gasteiger partial charge in [-0.1, -0.05) is 27.5 Å². The molecule has 0 aromatic carbocycles. The number of hydrogen-bond donors (Lipinski definition) is 1. The van der Waals surface area contributed by atoms with Gasteiger partial charge in [-0.15, -0.1) is 0 Å². The quantitative estimate of drug-likeness (QED) is 0.872. The maximum absolute atomic E-state index is 12.5. The van der Waals surface area contributed by atoms with E-state index >= 15 is 0 Å². The van der Waals surface area contributed by atoms with E-state index in [0.29, 0.717) is 0 Å². The Morgan fingerprint density at radius 2 is 2.27 bits per heavy atom. The molecule has 1 heterocycles. The zero-order valence-corrected chi connectivity index (χ0v) is 9.52. The Kier molecular flexibility index (Phi) is 3.98. The SMILES string of the molecule is O=C(O)c1cc(C(F)F)c(Cl)c(CBr)n1. The first-order valence-electron chi connectivity index (χ1n) is 3.74. The van der Waals surface area contributed by atoms with Crippen molar-refractivity contribution in [1.29, 1.82) is 0 Å². The molecule has 0 unspecified atom stereocenters. The van der Waals surface area contributed by atoms with Crippen molar-refractivity contribution in [3.05, 3.63) is 28.0 Å². The molecule has 3 nitrogen and oxygen atoms in total. The molecule has 0 fully saturated rings. The number of pyridine rings is 1. The number of alkyl halides is 3. The summed E-state index contributed by atoms with van der Waals surface area (Å²) in [6, 6.07) is 0.779. The monoisotopic (exact) mass is 299 g/mol. The number of carboxylic acids is 1. The molecule has 0 spiro atoms. The largest absolute Gasteiger partial charge is 0.477 e. The standard InChI is InChI=1S/C8H5BrClF2NO2/c9-2-5-6(10)3(7(11)12)1-4(13-5)8(14)15/h1,7H,2H2,(H,14,15). The predicted molar refractivity (Wildman–Crippen MR) is 53.8 cm³/mol. The van der Waals surface area contributed by atoms with Crippen LogP contribution in [0.2, 0.25) is 5.02 Å². The van der Waals surface area contributed by atoms with Crippen molar-refractivity contribution in [2.75, 3.05) is 0 Å². The molecule has 0 atom stereocenters. The van der Waals surface area contributed by atoms with Crippen LogP contribution in [0, 0.1) is 0 Å². The first kappa shape index (κ1) is 12.3. The first-order chi connectivity index (χ1) is 6.97. The molecule has 0 saturated heterocycles. The Morgan fingerprint density at radius 3 is 2.67 bits per heavy atom. The van der Waals surface area contributed by atoms with Gasteiger partial charge in [0, 0.05) is 10.9 Å². The number of aromatic carboxylic acids is 1. The molecule has 0 saturated carbocycles. The lowest BCUT2D eigenvalue weighted by atomic mass is 10.2. The molecule has 1 aromatic rings. The van der Waals surface area contributed by atoms with Crippen LogP contribution in [0.4, 0.5) is 8.78 Å². The van der Waals surface area contributed by atoms with E-state index in [2.05, 4.69) is 20.9 Å². The highest BCUT2D eigenvalue weighted by Gasteiger charge is 2.19. The second kappa shape index (κ2) is 4.85. The van der Waals surface area contributed by atoms with Crippen molar-refractivity contribution in [1.82, 2.24) is 4.98 Å². The lowest BCUT2D eigenvalue weighted by Gasteiger charge is -2.07. The number of rotatable bonds is 3. The summed E-state index contributed by atoms with van der Waals surface area (Å²) < 4.78 is 24.9. The summed E-state index contributed by atoms with van der Waals surface area (Å²) in [6.07, 6.45) is -2.82. The van der Waals surface area contributed by atoms with Gasteiger partial charge in [0.05, 0.1) is 10.7 Å². The fourth-order valence-electron chi connectivity index (χ4n) is 0.961. The Bertz CT molecular complexity index is 400. The summed E-state index contributed by atoms with van der Waals surface area (Å²) in [5, 5.41) is 8.55. The van der Waals surface area contributed by atoms with Gasteiger partial charge in [0.2, 0.25) is 0 Å². The van der Waals surface area contributed by atoms with E-state index in [1.807, 2.05) is 0 Å². The summed E-state index contributed by atoms with van der Waals surface area (Å²) in [5.74, 6) is -1.37. The molecule has 7 heteroatoms. The van der Waals surface area contributed by atoms with E-state index in [9.17, 15) is 13.6 Å². The molecule has 1 rings (SSSR count). The van der Waals surface area contributed by atoms with Crippen molar-refractivity contribution in [2.45, 2.75) is 11.8 Å². The van der Waals surface area contributed by atoms with Gasteiger partial charge >= 0.3 is 5.97 Å². The summed E-state index contributed by atoms with van der Waals surface area (Å²) >= 11 is 8.61. The second-order valence-corrected chi connectivity index (χ2v) is 3.54. The maximum atomic E-state index is 12.5. The number of carbonyl (C=O) groups is 1. The van der Waals surface area contributed by atoms with Crippen LogP contribution >= 0.6 is 27.5 Å². The maximum Gasteiger partial charge on any atom is 0.354 e. The highest BCUT2D eigenvalue weighted by Crippen LogP contribution is 2.30. The van der Waals surface area contributed by atoms with Crippen LogP contribution in [0.1, 0.15) is 28.2 Å². The fourth-order valence-corrected chi connectivity index (χ4v) is 1.77. The minimum Gasteiger partial charge on any atom is -0.477 e. The van der Waals surface area contributed by atoms with Crippen molar-refractivity contribution in [3.8, 4) is 0 Å². The lowest BCUT2D eigenvalue weighted by molar-refractivity contribution is 0.0689. The molecule has 82 valence electrons. The predicted octanol–water partition coefficient (Wildman–Crippen LogP) is 3.27. The summed E-state index contributed by atoms with van der Waals surface area (Å²) in [5.41, 5.74) is -0.866. The van der Waals surface area contributed by atoms with Crippen LogP contribution in [-0.2, 0) is 5.33 Å². The fraction of sp³-hybridized carbons (Fsp3) is 0.250. The van der Waals surface area contributed by atoms with Crippen molar-refractivity contribution in [3.63, 3.8) is 0 Å². The summed E-state index contributed by atoms with van der Waals surface area (Å²) in [4.78, 5) is 14.2. The van der Waals surface area contributed by atoms with E-state index in [-0.39, 0.29) is 16.0 Å². The topological polar surface area (TPSA) is 50.2 Å². The Hall–Kier alpha value is -0.750. The first-order valence-corrected chi connectivity index (χ1v) is 5.24. The van der Waals surface area contributed by atoms with Crippen molar-refractivity contribution < 1.29 is 18.7 Å².